The Morgan fingerprint density at radius 1 is 1.00 bits per heavy atom. The van der Waals surface area contributed by atoms with E-state index in [0.29, 0.717) is 19.1 Å². The smallest absolute Gasteiger partial charge is 0.230 e. The molecule has 0 saturated carbocycles. The van der Waals surface area contributed by atoms with Gasteiger partial charge in [0, 0.05) is 5.56 Å². The molecule has 0 aliphatic carbocycles. The molecule has 1 aliphatic rings. The molecule has 0 unspecified atom stereocenters. The molecule has 2 aromatic carbocycles. The van der Waals surface area contributed by atoms with Crippen molar-refractivity contribution in [2.75, 3.05) is 33.9 Å². The van der Waals surface area contributed by atoms with E-state index in [1.807, 2.05) is 42.5 Å². The van der Waals surface area contributed by atoms with Crippen molar-refractivity contribution in [2.45, 2.75) is 13.0 Å². The zero-order valence-corrected chi connectivity index (χ0v) is 18.3. The second-order valence-corrected chi connectivity index (χ2v) is 7.16. The second-order valence-electron chi connectivity index (χ2n) is 7.16. The maximum Gasteiger partial charge on any atom is 0.230 e. The van der Waals surface area contributed by atoms with Crippen LogP contribution in [0.3, 0.4) is 0 Å². The molecule has 29 heavy (non-hydrogen) atoms. The van der Waals surface area contributed by atoms with E-state index < -0.39 is 0 Å². The van der Waals surface area contributed by atoms with Crippen LogP contribution in [-0.2, 0) is 16.1 Å². The van der Waals surface area contributed by atoms with E-state index in [1.165, 1.54) is 5.56 Å². The maximum atomic E-state index is 5.43. The van der Waals surface area contributed by atoms with Crippen molar-refractivity contribution in [1.82, 2.24) is 0 Å². The lowest BCUT2D eigenvalue weighted by molar-refractivity contribution is -0.896. The topological polar surface area (TPSA) is 55.5 Å². The highest BCUT2D eigenvalue weighted by Gasteiger charge is 2.14. The molecule has 7 heteroatoms. The summed E-state index contributed by atoms with van der Waals surface area (Å²) in [7, 11) is 4.32. The molecule has 0 fully saturated rings. The predicted molar refractivity (Wildman–Crippen MR) is 109 cm³/mol. The third-order valence-corrected chi connectivity index (χ3v) is 4.10. The van der Waals surface area contributed by atoms with Crippen LogP contribution in [0.4, 0.5) is 11.4 Å². The summed E-state index contributed by atoms with van der Waals surface area (Å²) in [5.74, 6) is 6.86. The Balaban J connectivity index is 0.00000300. The molecule has 0 N–H and O–H groups in total. The first kappa shape index (κ1) is 22.6. The van der Waals surface area contributed by atoms with Gasteiger partial charge in [-0.15, -0.1) is 0 Å². The number of azo groups is 1. The van der Waals surface area contributed by atoms with Crippen LogP contribution in [-0.4, -0.2) is 44.2 Å². The Morgan fingerprint density at radius 3 is 2.34 bits per heavy atom. The van der Waals surface area contributed by atoms with Crippen molar-refractivity contribution in [3.8, 4) is 11.8 Å². The molecule has 1 aliphatic heterocycles. The number of hydrogen-bond acceptors (Lipinski definition) is 5. The van der Waals surface area contributed by atoms with E-state index in [4.69, 9.17) is 9.57 Å². The number of halogens is 1. The molecule has 1 heterocycles. The molecular formula is C22H25BrN4O2. The van der Waals surface area contributed by atoms with Gasteiger partial charge >= 0.3 is 0 Å². The van der Waals surface area contributed by atoms with Crippen LogP contribution >= 0.6 is 0 Å². The quantitative estimate of drug-likeness (QED) is 0.375. The minimum absolute atomic E-state index is 0. The van der Waals surface area contributed by atoms with Crippen molar-refractivity contribution in [2.24, 2.45) is 15.4 Å². The first-order chi connectivity index (χ1) is 13.6. The molecule has 0 radical (unpaired) electrons. The summed E-state index contributed by atoms with van der Waals surface area (Å²) in [6.45, 7) is 2.57. The Morgan fingerprint density at radius 2 is 1.69 bits per heavy atom. The van der Waals surface area contributed by atoms with Crippen LogP contribution in [0.5, 0.6) is 0 Å². The molecule has 0 bridgehead atoms. The van der Waals surface area contributed by atoms with Crippen LogP contribution in [0.1, 0.15) is 12.0 Å². The summed E-state index contributed by atoms with van der Waals surface area (Å²) in [4.78, 5) is 4.88. The van der Waals surface area contributed by atoms with Gasteiger partial charge in [-0.2, -0.15) is 10.2 Å². The van der Waals surface area contributed by atoms with Gasteiger partial charge in [0.25, 0.3) is 0 Å². The average molecular weight is 457 g/mol. The summed E-state index contributed by atoms with van der Waals surface area (Å²) in [5, 5.41) is 12.3. The standard InChI is InChI=1S/C22H25N4O2.BrH/c1-26(2,15-6-7-16-27-22-14-17-28-25-22)18-19-10-12-21(13-11-19)24-23-20-8-4-3-5-9-20;/h3-5,8-13H,14-18H2,1-2H3;1H/q+1;/p-1. The Bertz CT molecular complexity index is 885. The first-order valence-electron chi connectivity index (χ1n) is 9.26. The number of nitrogens with zero attached hydrogens (tertiary/aromatic N) is 4. The van der Waals surface area contributed by atoms with Gasteiger partial charge < -0.3 is 31.0 Å². The van der Waals surface area contributed by atoms with Gasteiger partial charge in [-0.3, -0.25) is 0 Å². The molecule has 0 atom stereocenters. The van der Waals surface area contributed by atoms with E-state index in [0.717, 1.165) is 35.4 Å². The SMILES string of the molecule is C[N+](C)(CC#CCOC1=NOCC1)Cc1ccc(N=Nc2ccccc2)cc1.[Br-]. The van der Waals surface area contributed by atoms with Gasteiger partial charge in [-0.05, 0) is 30.2 Å². The van der Waals surface area contributed by atoms with Gasteiger partial charge in [0.1, 0.15) is 19.7 Å². The van der Waals surface area contributed by atoms with Gasteiger partial charge in [-0.25, -0.2) is 0 Å². The molecule has 152 valence electrons. The molecule has 6 nitrogen and oxygen atoms in total. The Hall–Kier alpha value is -2.69. The molecule has 0 spiro atoms. The van der Waals surface area contributed by atoms with Crippen LogP contribution in [0, 0.1) is 11.8 Å². The van der Waals surface area contributed by atoms with Crippen LogP contribution in [0.25, 0.3) is 0 Å². The molecule has 0 aromatic heterocycles. The molecule has 2 aromatic rings. The molecule has 3 rings (SSSR count). The Kier molecular flexibility index (Phi) is 8.84. The third kappa shape index (κ3) is 8.06. The van der Waals surface area contributed by atoms with Gasteiger partial charge in [0.15, 0.2) is 6.61 Å². The van der Waals surface area contributed by atoms with Crippen LogP contribution in [0.15, 0.2) is 70.0 Å². The largest absolute Gasteiger partial charge is 1.00 e. The normalized spacial score (nSPS) is 13.1. The highest BCUT2D eigenvalue weighted by Crippen LogP contribution is 2.19. The molecule has 0 saturated heterocycles. The second kappa shape index (κ2) is 11.3. The minimum Gasteiger partial charge on any atom is -1.00 e. The third-order valence-electron chi connectivity index (χ3n) is 4.10. The van der Waals surface area contributed by atoms with Crippen molar-refractivity contribution in [3.63, 3.8) is 0 Å². The lowest BCUT2D eigenvalue weighted by Crippen LogP contribution is -3.00. The average Bonchev–Trinajstić information content (AvgIpc) is 3.21. The van der Waals surface area contributed by atoms with Crippen molar-refractivity contribution in [1.29, 1.82) is 0 Å². The summed E-state index contributed by atoms with van der Waals surface area (Å²) < 4.78 is 6.19. The fraction of sp³-hybridized carbons (Fsp3) is 0.318. The summed E-state index contributed by atoms with van der Waals surface area (Å²) in [6.07, 6.45) is 0.726. The number of oxime groups is 1. The van der Waals surface area contributed by atoms with Crippen LogP contribution in [0.2, 0.25) is 0 Å². The van der Waals surface area contributed by atoms with E-state index in [1.54, 1.807) is 0 Å². The summed E-state index contributed by atoms with van der Waals surface area (Å²) in [5.41, 5.74) is 2.92. The lowest BCUT2D eigenvalue weighted by atomic mass is 10.2. The number of ether oxygens (including phenoxy) is 1. The highest BCUT2D eigenvalue weighted by atomic mass is 79.9. The van der Waals surface area contributed by atoms with Gasteiger partial charge in [0.2, 0.25) is 5.90 Å². The van der Waals surface area contributed by atoms with Gasteiger partial charge in [0.05, 0.1) is 31.9 Å². The lowest BCUT2D eigenvalue weighted by Gasteiger charge is -2.27. The molecule has 0 amide bonds. The van der Waals surface area contributed by atoms with E-state index >= 15 is 0 Å². The fourth-order valence-electron chi connectivity index (χ4n) is 2.66. The number of hydrogen-bond donors (Lipinski definition) is 0. The van der Waals surface area contributed by atoms with Crippen molar-refractivity contribution >= 4 is 17.3 Å². The van der Waals surface area contributed by atoms with Gasteiger partial charge in [-0.1, -0.05) is 41.4 Å². The maximum absolute atomic E-state index is 5.43. The minimum atomic E-state index is 0. The van der Waals surface area contributed by atoms with Crippen molar-refractivity contribution < 1.29 is 31.0 Å². The Labute approximate surface area is 182 Å². The summed E-state index contributed by atoms with van der Waals surface area (Å²) in [6, 6.07) is 17.9. The predicted octanol–water partition coefficient (Wildman–Crippen LogP) is 1.44. The summed E-state index contributed by atoms with van der Waals surface area (Å²) >= 11 is 0. The number of rotatable bonds is 6. The zero-order valence-electron chi connectivity index (χ0n) is 16.7. The highest BCUT2D eigenvalue weighted by molar-refractivity contribution is 5.76. The van der Waals surface area contributed by atoms with E-state index in [2.05, 4.69) is 53.5 Å². The van der Waals surface area contributed by atoms with E-state index in [-0.39, 0.29) is 17.0 Å². The number of quaternary nitrogens is 1. The fourth-order valence-corrected chi connectivity index (χ4v) is 2.66. The van der Waals surface area contributed by atoms with Crippen LogP contribution < -0.4 is 17.0 Å². The van der Waals surface area contributed by atoms with Crippen molar-refractivity contribution in [3.05, 3.63) is 60.2 Å². The number of benzene rings is 2. The first-order valence-corrected chi connectivity index (χ1v) is 9.26. The zero-order chi connectivity index (χ0) is 19.7. The molecular weight excluding hydrogens is 432 g/mol. The van der Waals surface area contributed by atoms with E-state index in [9.17, 15) is 0 Å². The monoisotopic (exact) mass is 456 g/mol.